The van der Waals surface area contributed by atoms with Crippen LogP contribution in [0.25, 0.3) is 0 Å². The van der Waals surface area contributed by atoms with E-state index in [1.807, 2.05) is 51.1 Å². The number of ether oxygens (including phenoxy) is 1. The average Bonchev–Trinajstić information content (AvgIpc) is 2.33. The van der Waals surface area contributed by atoms with E-state index in [2.05, 4.69) is 0 Å². The van der Waals surface area contributed by atoms with Crippen molar-refractivity contribution in [3.63, 3.8) is 0 Å². The maximum atomic E-state index is 11.0. The molecule has 1 aromatic rings. The molecule has 0 heterocycles. The predicted molar refractivity (Wildman–Crippen MR) is 71.6 cm³/mol. The fourth-order valence-corrected chi connectivity index (χ4v) is 1.34. The monoisotopic (exact) mass is 237 g/mol. The van der Waals surface area contributed by atoms with Crippen LogP contribution in [0, 0.1) is 5.92 Å². The molecule has 0 aliphatic rings. The van der Waals surface area contributed by atoms with Gasteiger partial charge in [0.2, 0.25) is 0 Å². The van der Waals surface area contributed by atoms with Crippen molar-refractivity contribution >= 4 is 11.7 Å². The molecule has 0 bridgehead atoms. The number of benzene rings is 1. The fraction of sp³-hybridized carbons (Fsp3) is 0.500. The second-order valence-electron chi connectivity index (χ2n) is 3.68. The fourth-order valence-electron chi connectivity index (χ4n) is 1.34. The SMILES string of the molecule is CCOC(=O)C(CC)CC.Nc1ccccc1. The molecule has 0 unspecified atom stereocenters. The van der Waals surface area contributed by atoms with E-state index in [0.29, 0.717) is 6.61 Å². The largest absolute Gasteiger partial charge is 0.466 e. The van der Waals surface area contributed by atoms with E-state index in [1.54, 1.807) is 0 Å². The summed E-state index contributed by atoms with van der Waals surface area (Å²) in [5.74, 6) is 0.0625. The van der Waals surface area contributed by atoms with Gasteiger partial charge in [0.05, 0.1) is 12.5 Å². The summed E-state index contributed by atoms with van der Waals surface area (Å²) in [5, 5.41) is 0. The van der Waals surface area contributed by atoms with E-state index in [9.17, 15) is 4.79 Å². The molecule has 1 aromatic carbocycles. The van der Waals surface area contributed by atoms with Gasteiger partial charge in [0.1, 0.15) is 0 Å². The van der Waals surface area contributed by atoms with Gasteiger partial charge < -0.3 is 10.5 Å². The van der Waals surface area contributed by atoms with Crippen molar-refractivity contribution in [2.45, 2.75) is 33.6 Å². The number of carbonyl (C=O) groups is 1. The Labute approximate surface area is 104 Å². The van der Waals surface area contributed by atoms with Gasteiger partial charge in [-0.1, -0.05) is 32.0 Å². The maximum Gasteiger partial charge on any atom is 0.308 e. The van der Waals surface area contributed by atoms with Gasteiger partial charge in [0.15, 0.2) is 0 Å². The van der Waals surface area contributed by atoms with Gasteiger partial charge in [-0.3, -0.25) is 4.79 Å². The number of anilines is 1. The van der Waals surface area contributed by atoms with Crippen molar-refractivity contribution in [2.75, 3.05) is 12.3 Å². The first-order chi connectivity index (χ1) is 8.15. The molecule has 3 nitrogen and oxygen atoms in total. The van der Waals surface area contributed by atoms with Crippen LogP contribution in [-0.4, -0.2) is 12.6 Å². The first-order valence-electron chi connectivity index (χ1n) is 6.12. The number of hydrogen-bond donors (Lipinski definition) is 1. The number of hydrogen-bond acceptors (Lipinski definition) is 3. The lowest BCUT2D eigenvalue weighted by atomic mass is 10.0. The van der Waals surface area contributed by atoms with Gasteiger partial charge in [-0.25, -0.2) is 0 Å². The zero-order valence-electron chi connectivity index (χ0n) is 11.0. The molecule has 3 heteroatoms. The van der Waals surface area contributed by atoms with Gasteiger partial charge in [0, 0.05) is 5.69 Å². The number of para-hydroxylation sites is 1. The lowest BCUT2D eigenvalue weighted by molar-refractivity contribution is -0.148. The Balaban J connectivity index is 0.000000318. The lowest BCUT2D eigenvalue weighted by Crippen LogP contribution is -2.15. The highest BCUT2D eigenvalue weighted by Gasteiger charge is 2.13. The first kappa shape index (κ1) is 15.5. The summed E-state index contributed by atoms with van der Waals surface area (Å²) in [6.45, 7) is 6.34. The van der Waals surface area contributed by atoms with Crippen molar-refractivity contribution in [1.29, 1.82) is 0 Å². The van der Waals surface area contributed by atoms with E-state index in [0.717, 1.165) is 18.5 Å². The van der Waals surface area contributed by atoms with E-state index >= 15 is 0 Å². The third kappa shape index (κ3) is 7.39. The third-order valence-corrected chi connectivity index (χ3v) is 2.41. The molecule has 0 aliphatic carbocycles. The van der Waals surface area contributed by atoms with Crippen LogP contribution >= 0.6 is 0 Å². The molecule has 0 saturated carbocycles. The molecule has 0 saturated heterocycles. The number of rotatable bonds is 4. The Morgan fingerprint density at radius 3 is 2.00 bits per heavy atom. The summed E-state index contributed by atoms with van der Waals surface area (Å²) < 4.78 is 4.85. The minimum atomic E-state index is -0.0486. The Morgan fingerprint density at radius 2 is 1.71 bits per heavy atom. The maximum absolute atomic E-state index is 11.0. The summed E-state index contributed by atoms with van der Waals surface area (Å²) in [4.78, 5) is 11.0. The number of esters is 1. The van der Waals surface area contributed by atoms with E-state index in [1.165, 1.54) is 0 Å². The Kier molecular flexibility index (Phi) is 8.84. The molecule has 0 fully saturated rings. The summed E-state index contributed by atoms with van der Waals surface area (Å²) in [5.41, 5.74) is 6.18. The molecule has 96 valence electrons. The van der Waals surface area contributed by atoms with Gasteiger partial charge >= 0.3 is 5.97 Å². The van der Waals surface area contributed by atoms with Crippen LogP contribution in [0.1, 0.15) is 33.6 Å². The zero-order chi connectivity index (χ0) is 13.1. The number of carbonyl (C=O) groups excluding carboxylic acids is 1. The average molecular weight is 237 g/mol. The highest BCUT2D eigenvalue weighted by molar-refractivity contribution is 5.72. The topological polar surface area (TPSA) is 52.3 Å². The Bertz CT molecular complexity index is 294. The molecule has 0 aromatic heterocycles. The first-order valence-corrected chi connectivity index (χ1v) is 6.12. The smallest absolute Gasteiger partial charge is 0.308 e. The van der Waals surface area contributed by atoms with Crippen molar-refractivity contribution < 1.29 is 9.53 Å². The molecule has 0 spiro atoms. The Morgan fingerprint density at radius 1 is 1.18 bits per heavy atom. The quantitative estimate of drug-likeness (QED) is 0.646. The molecule has 0 atom stereocenters. The molecule has 0 amide bonds. The normalized spacial score (nSPS) is 9.41. The van der Waals surface area contributed by atoms with Crippen LogP contribution in [0.4, 0.5) is 5.69 Å². The summed E-state index contributed by atoms with van der Waals surface area (Å²) in [7, 11) is 0. The van der Waals surface area contributed by atoms with Crippen LogP contribution in [0.5, 0.6) is 0 Å². The predicted octanol–water partition coefficient (Wildman–Crippen LogP) is 3.25. The van der Waals surface area contributed by atoms with Crippen LogP contribution < -0.4 is 5.73 Å². The van der Waals surface area contributed by atoms with Gasteiger partial charge in [0.25, 0.3) is 0 Å². The Hall–Kier alpha value is -1.51. The zero-order valence-corrected chi connectivity index (χ0v) is 11.0. The second kappa shape index (κ2) is 9.70. The van der Waals surface area contributed by atoms with Crippen LogP contribution in [-0.2, 0) is 9.53 Å². The van der Waals surface area contributed by atoms with Crippen molar-refractivity contribution in [3.8, 4) is 0 Å². The highest BCUT2D eigenvalue weighted by atomic mass is 16.5. The minimum absolute atomic E-state index is 0.0486. The van der Waals surface area contributed by atoms with Gasteiger partial charge in [-0.05, 0) is 31.9 Å². The molecule has 0 aliphatic heterocycles. The summed E-state index contributed by atoms with van der Waals surface area (Å²) in [6, 6.07) is 9.49. The molecular formula is C14H23NO2. The summed E-state index contributed by atoms with van der Waals surface area (Å²) in [6.07, 6.45) is 1.77. The third-order valence-electron chi connectivity index (χ3n) is 2.41. The minimum Gasteiger partial charge on any atom is -0.466 e. The lowest BCUT2D eigenvalue weighted by Gasteiger charge is -2.09. The standard InChI is InChI=1S/C8H16O2.C6H7N/c1-4-7(5-2)8(9)10-6-3;7-6-4-2-1-3-5-6/h7H,4-6H2,1-3H3;1-5H,7H2. The molecule has 1 rings (SSSR count). The van der Waals surface area contributed by atoms with Crippen molar-refractivity contribution in [2.24, 2.45) is 5.92 Å². The van der Waals surface area contributed by atoms with E-state index in [4.69, 9.17) is 10.5 Å². The van der Waals surface area contributed by atoms with Crippen LogP contribution in [0.2, 0.25) is 0 Å². The molecular weight excluding hydrogens is 214 g/mol. The number of nitrogen functional groups attached to an aromatic ring is 1. The van der Waals surface area contributed by atoms with Crippen molar-refractivity contribution in [1.82, 2.24) is 0 Å². The molecule has 2 N–H and O–H groups in total. The van der Waals surface area contributed by atoms with Crippen LogP contribution in [0.3, 0.4) is 0 Å². The second-order valence-corrected chi connectivity index (χ2v) is 3.68. The number of nitrogens with two attached hydrogens (primary N) is 1. The molecule has 17 heavy (non-hydrogen) atoms. The molecule has 0 radical (unpaired) electrons. The summed E-state index contributed by atoms with van der Waals surface area (Å²) >= 11 is 0. The highest BCUT2D eigenvalue weighted by Crippen LogP contribution is 2.08. The van der Waals surface area contributed by atoms with E-state index < -0.39 is 0 Å². The van der Waals surface area contributed by atoms with E-state index in [-0.39, 0.29) is 11.9 Å². The van der Waals surface area contributed by atoms with Crippen LogP contribution in [0.15, 0.2) is 30.3 Å². The van der Waals surface area contributed by atoms with Gasteiger partial charge in [-0.15, -0.1) is 0 Å². The van der Waals surface area contributed by atoms with Gasteiger partial charge in [-0.2, -0.15) is 0 Å². The van der Waals surface area contributed by atoms with Crippen molar-refractivity contribution in [3.05, 3.63) is 30.3 Å².